The Hall–Kier alpha value is -0.580. The van der Waals surface area contributed by atoms with Gasteiger partial charge in [-0.2, -0.15) is 0 Å². The summed E-state index contributed by atoms with van der Waals surface area (Å²) >= 11 is 2.34. The van der Waals surface area contributed by atoms with E-state index in [0.29, 0.717) is 6.42 Å². The molecule has 3 heteroatoms. The molecule has 0 unspecified atom stereocenters. The second-order valence-corrected chi connectivity index (χ2v) is 6.95. The first kappa shape index (κ1) is 18.5. The van der Waals surface area contributed by atoms with Crippen LogP contribution >= 0.6 is 22.6 Å². The highest BCUT2D eigenvalue weighted by Gasteiger charge is 1.97. The Morgan fingerprint density at radius 2 is 1.29 bits per heavy atom. The first-order chi connectivity index (χ1) is 10.2. The van der Waals surface area contributed by atoms with Crippen molar-refractivity contribution in [1.82, 2.24) is 0 Å². The molecule has 0 bridgehead atoms. The number of hydrogen-bond acceptors (Lipinski definition) is 1. The number of carboxylic acid groups (broad SMARTS) is 1. The predicted octanol–water partition coefficient (Wildman–Crippen LogP) is 5.82. The van der Waals surface area contributed by atoms with E-state index in [4.69, 9.17) is 5.11 Å². The number of aryl methyl sites for hydroxylation is 1. The van der Waals surface area contributed by atoms with Crippen molar-refractivity contribution in [3.63, 3.8) is 0 Å². The molecule has 0 aliphatic carbocycles. The van der Waals surface area contributed by atoms with E-state index in [9.17, 15) is 4.79 Å². The number of rotatable bonds is 12. The van der Waals surface area contributed by atoms with Crippen molar-refractivity contribution in [3.05, 3.63) is 33.4 Å². The van der Waals surface area contributed by atoms with Crippen molar-refractivity contribution >= 4 is 28.6 Å². The van der Waals surface area contributed by atoms with E-state index in [1.54, 1.807) is 0 Å². The molecule has 0 atom stereocenters. The lowest BCUT2D eigenvalue weighted by Gasteiger charge is -2.03. The van der Waals surface area contributed by atoms with Crippen LogP contribution in [0.15, 0.2) is 24.3 Å². The van der Waals surface area contributed by atoms with E-state index in [1.165, 1.54) is 60.5 Å². The second kappa shape index (κ2) is 12.0. The molecule has 1 rings (SSSR count). The van der Waals surface area contributed by atoms with Crippen LogP contribution in [-0.4, -0.2) is 11.1 Å². The molecule has 1 aromatic rings. The minimum Gasteiger partial charge on any atom is -0.481 e. The number of benzene rings is 1. The van der Waals surface area contributed by atoms with Crippen LogP contribution in [-0.2, 0) is 11.2 Å². The topological polar surface area (TPSA) is 37.3 Å². The molecule has 0 saturated carbocycles. The van der Waals surface area contributed by atoms with Gasteiger partial charge in [0, 0.05) is 9.99 Å². The molecule has 118 valence electrons. The first-order valence-corrected chi connectivity index (χ1v) is 9.22. The van der Waals surface area contributed by atoms with Crippen LogP contribution in [0.5, 0.6) is 0 Å². The molecule has 21 heavy (non-hydrogen) atoms. The van der Waals surface area contributed by atoms with Gasteiger partial charge in [0.25, 0.3) is 0 Å². The normalized spacial score (nSPS) is 10.7. The molecular weight excluding hydrogens is 375 g/mol. The van der Waals surface area contributed by atoms with Crippen LogP contribution in [0.25, 0.3) is 0 Å². The second-order valence-electron chi connectivity index (χ2n) is 5.70. The lowest BCUT2D eigenvalue weighted by atomic mass is 10.0. The van der Waals surface area contributed by atoms with Gasteiger partial charge < -0.3 is 5.11 Å². The summed E-state index contributed by atoms with van der Waals surface area (Å²) in [6, 6.07) is 8.83. The molecule has 0 fully saturated rings. The largest absolute Gasteiger partial charge is 0.481 e. The van der Waals surface area contributed by atoms with Gasteiger partial charge in [-0.1, -0.05) is 57.1 Å². The Morgan fingerprint density at radius 1 is 0.810 bits per heavy atom. The summed E-state index contributed by atoms with van der Waals surface area (Å²) < 4.78 is 1.31. The average Bonchev–Trinajstić information content (AvgIpc) is 2.46. The van der Waals surface area contributed by atoms with Crippen molar-refractivity contribution in [3.8, 4) is 0 Å². The molecule has 0 saturated heterocycles. The Kier molecular flexibility index (Phi) is 10.6. The maximum Gasteiger partial charge on any atom is 0.303 e. The van der Waals surface area contributed by atoms with Gasteiger partial charge in [0.15, 0.2) is 0 Å². The summed E-state index contributed by atoms with van der Waals surface area (Å²) in [4.78, 5) is 10.4. The molecule has 0 spiro atoms. The van der Waals surface area contributed by atoms with Crippen molar-refractivity contribution < 1.29 is 9.90 Å². The van der Waals surface area contributed by atoms with Gasteiger partial charge >= 0.3 is 5.97 Å². The number of carboxylic acids is 1. The minimum atomic E-state index is -0.664. The van der Waals surface area contributed by atoms with Crippen LogP contribution < -0.4 is 0 Å². The Balaban J connectivity index is 1.84. The molecule has 0 radical (unpaired) electrons. The Labute approximate surface area is 142 Å². The van der Waals surface area contributed by atoms with Gasteiger partial charge in [-0.15, -0.1) is 0 Å². The van der Waals surface area contributed by atoms with Gasteiger partial charge in [-0.05, 0) is 59.5 Å². The number of aliphatic carboxylic acids is 1. The molecule has 0 heterocycles. The SMILES string of the molecule is O=C(O)CCCCCCCCCCCc1ccc(I)cc1. The van der Waals surface area contributed by atoms with Gasteiger partial charge in [0.1, 0.15) is 0 Å². The maximum atomic E-state index is 10.4. The van der Waals surface area contributed by atoms with E-state index in [0.717, 1.165) is 12.8 Å². The quantitative estimate of drug-likeness (QED) is 0.353. The number of unbranched alkanes of at least 4 members (excludes halogenated alkanes) is 8. The van der Waals surface area contributed by atoms with Gasteiger partial charge in [-0.3, -0.25) is 4.79 Å². The maximum absolute atomic E-state index is 10.4. The van der Waals surface area contributed by atoms with Crippen LogP contribution in [0.2, 0.25) is 0 Å². The van der Waals surface area contributed by atoms with E-state index in [2.05, 4.69) is 46.9 Å². The molecule has 0 aliphatic rings. The van der Waals surface area contributed by atoms with Crippen LogP contribution in [0.3, 0.4) is 0 Å². The van der Waals surface area contributed by atoms with Gasteiger partial charge in [-0.25, -0.2) is 0 Å². The smallest absolute Gasteiger partial charge is 0.303 e. The fourth-order valence-corrected chi connectivity index (χ4v) is 2.85. The van der Waals surface area contributed by atoms with Crippen LogP contribution in [0, 0.1) is 3.57 Å². The third kappa shape index (κ3) is 10.7. The molecule has 0 amide bonds. The summed E-state index contributed by atoms with van der Waals surface area (Å²) in [6.45, 7) is 0. The Morgan fingerprint density at radius 3 is 1.81 bits per heavy atom. The highest BCUT2D eigenvalue weighted by Crippen LogP contribution is 2.13. The van der Waals surface area contributed by atoms with Crippen LogP contribution in [0.1, 0.15) is 69.8 Å². The monoisotopic (exact) mass is 402 g/mol. The summed E-state index contributed by atoms with van der Waals surface area (Å²) in [5, 5.41) is 8.53. The minimum absolute atomic E-state index is 0.332. The van der Waals surface area contributed by atoms with E-state index >= 15 is 0 Å². The van der Waals surface area contributed by atoms with Gasteiger partial charge in [0.2, 0.25) is 0 Å². The van der Waals surface area contributed by atoms with E-state index < -0.39 is 5.97 Å². The summed E-state index contributed by atoms with van der Waals surface area (Å²) in [5.41, 5.74) is 1.45. The zero-order valence-electron chi connectivity index (χ0n) is 12.8. The third-order valence-corrected chi connectivity index (χ3v) is 4.49. The number of halogens is 1. The Bertz CT molecular complexity index is 387. The van der Waals surface area contributed by atoms with E-state index in [1.807, 2.05) is 0 Å². The number of hydrogen-bond donors (Lipinski definition) is 1. The predicted molar refractivity (Wildman–Crippen MR) is 96.7 cm³/mol. The molecule has 1 N–H and O–H groups in total. The molecular formula is C18H27IO2. The molecule has 1 aromatic carbocycles. The van der Waals surface area contributed by atoms with Gasteiger partial charge in [0.05, 0.1) is 0 Å². The summed E-state index contributed by atoms with van der Waals surface area (Å²) in [7, 11) is 0. The standard InChI is InChI=1S/C18H27IO2/c19-17-14-12-16(13-15-17)10-8-6-4-2-1-3-5-7-9-11-18(20)21/h12-15H,1-11H2,(H,20,21). The highest BCUT2D eigenvalue weighted by atomic mass is 127. The molecule has 2 nitrogen and oxygen atoms in total. The van der Waals surface area contributed by atoms with Crippen molar-refractivity contribution in [2.45, 2.75) is 70.6 Å². The number of carbonyl (C=O) groups is 1. The van der Waals surface area contributed by atoms with Crippen molar-refractivity contribution in [1.29, 1.82) is 0 Å². The zero-order chi connectivity index (χ0) is 15.3. The molecule has 0 aromatic heterocycles. The molecule has 0 aliphatic heterocycles. The average molecular weight is 402 g/mol. The van der Waals surface area contributed by atoms with Crippen molar-refractivity contribution in [2.24, 2.45) is 0 Å². The van der Waals surface area contributed by atoms with Crippen LogP contribution in [0.4, 0.5) is 0 Å². The lowest BCUT2D eigenvalue weighted by molar-refractivity contribution is -0.137. The fourth-order valence-electron chi connectivity index (χ4n) is 2.49. The highest BCUT2D eigenvalue weighted by molar-refractivity contribution is 14.1. The summed E-state index contributed by atoms with van der Waals surface area (Å²) in [5.74, 6) is -0.664. The lowest BCUT2D eigenvalue weighted by Crippen LogP contribution is -1.93. The third-order valence-electron chi connectivity index (χ3n) is 3.77. The summed E-state index contributed by atoms with van der Waals surface area (Å²) in [6.07, 6.45) is 12.5. The zero-order valence-corrected chi connectivity index (χ0v) is 15.0. The fraction of sp³-hybridized carbons (Fsp3) is 0.611. The van der Waals surface area contributed by atoms with E-state index in [-0.39, 0.29) is 0 Å². The first-order valence-electron chi connectivity index (χ1n) is 8.15. The van der Waals surface area contributed by atoms with Crippen molar-refractivity contribution in [2.75, 3.05) is 0 Å².